The molecule has 9 heteroatoms. The van der Waals surface area contributed by atoms with Crippen molar-refractivity contribution in [2.45, 2.75) is 25.7 Å². The minimum atomic E-state index is -0.312. The molecule has 0 atom stereocenters. The summed E-state index contributed by atoms with van der Waals surface area (Å²) < 4.78 is 8.53. The van der Waals surface area contributed by atoms with Crippen LogP contribution < -0.4 is 15.4 Å². The van der Waals surface area contributed by atoms with Gasteiger partial charge in [0.2, 0.25) is 5.95 Å². The third-order valence-corrected chi connectivity index (χ3v) is 5.15. The van der Waals surface area contributed by atoms with Gasteiger partial charge in [-0.05, 0) is 63.2 Å². The van der Waals surface area contributed by atoms with Crippen molar-refractivity contribution in [3.8, 4) is 11.4 Å². The summed E-state index contributed by atoms with van der Waals surface area (Å²) in [5, 5.41) is 15.1. The molecule has 3 aromatic rings. The number of hydrogen-bond acceptors (Lipinski definition) is 6. The molecule has 9 nitrogen and oxygen atoms in total. The summed E-state index contributed by atoms with van der Waals surface area (Å²) in [4.78, 5) is 17.3. The Kier molecular flexibility index (Phi) is 5.30. The molecular formula is C20H25N7O2. The number of carbonyl (C=O) groups excluding carboxylic acids is 1. The summed E-state index contributed by atoms with van der Waals surface area (Å²) in [6.45, 7) is 3.84. The van der Waals surface area contributed by atoms with Gasteiger partial charge in [-0.2, -0.15) is 15.2 Å². The lowest BCUT2D eigenvalue weighted by atomic mass is 9.98. The molecule has 1 saturated heterocycles. The van der Waals surface area contributed by atoms with Gasteiger partial charge in [-0.25, -0.2) is 9.36 Å². The number of anilines is 1. The van der Waals surface area contributed by atoms with E-state index in [9.17, 15) is 4.79 Å². The Labute approximate surface area is 169 Å². The monoisotopic (exact) mass is 395 g/mol. The Bertz CT molecular complexity index is 1000. The minimum Gasteiger partial charge on any atom is -0.497 e. The largest absolute Gasteiger partial charge is 0.497 e. The highest BCUT2D eigenvalue weighted by Gasteiger charge is 2.22. The molecule has 1 amide bonds. The maximum atomic E-state index is 12.8. The number of ether oxygens (including phenoxy) is 1. The Morgan fingerprint density at radius 3 is 2.62 bits per heavy atom. The molecule has 1 aromatic carbocycles. The highest BCUT2D eigenvalue weighted by atomic mass is 16.5. The van der Waals surface area contributed by atoms with Gasteiger partial charge in [0.05, 0.1) is 12.8 Å². The van der Waals surface area contributed by atoms with Gasteiger partial charge in [0.15, 0.2) is 11.5 Å². The molecule has 1 fully saturated rings. The van der Waals surface area contributed by atoms with Crippen molar-refractivity contribution in [3.63, 3.8) is 0 Å². The molecule has 152 valence electrons. The third-order valence-electron chi connectivity index (χ3n) is 5.15. The second-order valence-electron chi connectivity index (χ2n) is 7.18. The van der Waals surface area contributed by atoms with Gasteiger partial charge >= 0.3 is 0 Å². The summed E-state index contributed by atoms with van der Waals surface area (Å²) in [6, 6.07) is 9.27. The Morgan fingerprint density at radius 1 is 1.21 bits per heavy atom. The summed E-state index contributed by atoms with van der Waals surface area (Å²) in [6.07, 6.45) is 2.01. The van der Waals surface area contributed by atoms with Gasteiger partial charge in [-0.1, -0.05) is 0 Å². The number of aromatic nitrogens is 5. The van der Waals surface area contributed by atoms with Gasteiger partial charge in [-0.3, -0.25) is 10.1 Å². The van der Waals surface area contributed by atoms with Gasteiger partial charge in [-0.15, -0.1) is 0 Å². The standard InChI is InChI=1S/C20H25N7O2/c1-13-12-17(24-27(13)15-4-6-16(29-3)7-5-15)19(28)23-20-22-18(25-26(20)2)14-8-10-21-11-9-14/h4-7,12,14,21H,8-11H2,1-3H3,(H,22,23,25,28). The zero-order chi connectivity index (χ0) is 20.4. The number of carbonyl (C=O) groups is 1. The van der Waals surface area contributed by atoms with E-state index in [0.717, 1.165) is 48.9 Å². The number of nitrogens with one attached hydrogen (secondary N) is 2. The molecule has 4 rings (SSSR count). The lowest BCUT2D eigenvalue weighted by Crippen LogP contribution is -2.27. The number of hydrogen-bond donors (Lipinski definition) is 2. The number of aryl methyl sites for hydroxylation is 2. The summed E-state index contributed by atoms with van der Waals surface area (Å²) in [5.41, 5.74) is 2.03. The average molecular weight is 395 g/mol. The molecule has 2 aromatic heterocycles. The van der Waals surface area contributed by atoms with Crippen LogP contribution in [0.5, 0.6) is 5.75 Å². The van der Waals surface area contributed by atoms with E-state index in [2.05, 4.69) is 25.8 Å². The number of nitrogens with zero attached hydrogens (tertiary/aromatic N) is 5. The van der Waals surface area contributed by atoms with Crippen molar-refractivity contribution in [1.82, 2.24) is 29.9 Å². The van der Waals surface area contributed by atoms with Crippen LogP contribution in [0.3, 0.4) is 0 Å². The molecule has 0 aliphatic carbocycles. The van der Waals surface area contributed by atoms with E-state index < -0.39 is 0 Å². The lowest BCUT2D eigenvalue weighted by molar-refractivity contribution is 0.102. The maximum Gasteiger partial charge on any atom is 0.278 e. The molecular weight excluding hydrogens is 370 g/mol. The van der Waals surface area contributed by atoms with Crippen LogP contribution in [0.1, 0.15) is 40.8 Å². The predicted molar refractivity (Wildman–Crippen MR) is 109 cm³/mol. The number of piperidine rings is 1. The number of methoxy groups -OCH3 is 1. The van der Waals surface area contributed by atoms with Crippen LogP contribution >= 0.6 is 0 Å². The molecule has 1 aliphatic rings. The normalized spacial score (nSPS) is 14.7. The fourth-order valence-corrected chi connectivity index (χ4v) is 3.50. The molecule has 0 spiro atoms. The Hall–Kier alpha value is -3.20. The highest BCUT2D eigenvalue weighted by Crippen LogP contribution is 2.23. The fourth-order valence-electron chi connectivity index (χ4n) is 3.50. The van der Waals surface area contributed by atoms with Crippen molar-refractivity contribution < 1.29 is 9.53 Å². The van der Waals surface area contributed by atoms with Crippen LogP contribution in [0.2, 0.25) is 0 Å². The molecule has 29 heavy (non-hydrogen) atoms. The first-order valence-electron chi connectivity index (χ1n) is 9.69. The summed E-state index contributed by atoms with van der Waals surface area (Å²) in [7, 11) is 3.41. The second kappa shape index (κ2) is 8.04. The van der Waals surface area contributed by atoms with Crippen LogP contribution in [0.15, 0.2) is 30.3 Å². The zero-order valence-electron chi connectivity index (χ0n) is 16.8. The topological polar surface area (TPSA) is 98.9 Å². The van der Waals surface area contributed by atoms with Crippen molar-refractivity contribution >= 4 is 11.9 Å². The minimum absolute atomic E-state index is 0.312. The second-order valence-corrected chi connectivity index (χ2v) is 7.18. The van der Waals surface area contributed by atoms with E-state index >= 15 is 0 Å². The number of rotatable bonds is 5. The Balaban J connectivity index is 1.51. The average Bonchev–Trinajstić information content (AvgIpc) is 3.31. The molecule has 0 unspecified atom stereocenters. The summed E-state index contributed by atoms with van der Waals surface area (Å²) in [5.74, 6) is 1.99. The van der Waals surface area contributed by atoms with Crippen LogP contribution in [0.4, 0.5) is 5.95 Å². The maximum absolute atomic E-state index is 12.8. The first-order chi connectivity index (χ1) is 14.0. The molecule has 0 saturated carbocycles. The van der Waals surface area contributed by atoms with Crippen LogP contribution in [0.25, 0.3) is 5.69 Å². The van der Waals surface area contributed by atoms with Gasteiger partial charge < -0.3 is 10.1 Å². The number of benzene rings is 1. The molecule has 3 heterocycles. The fraction of sp³-hybridized carbons (Fsp3) is 0.400. The van der Waals surface area contributed by atoms with Gasteiger partial charge in [0, 0.05) is 18.7 Å². The van der Waals surface area contributed by atoms with Crippen molar-refractivity contribution in [3.05, 3.63) is 47.5 Å². The van der Waals surface area contributed by atoms with Crippen molar-refractivity contribution in [1.29, 1.82) is 0 Å². The Morgan fingerprint density at radius 2 is 1.93 bits per heavy atom. The molecule has 0 radical (unpaired) electrons. The van der Waals surface area contributed by atoms with Crippen molar-refractivity contribution in [2.75, 3.05) is 25.5 Å². The van der Waals surface area contributed by atoms with E-state index in [4.69, 9.17) is 4.74 Å². The highest BCUT2D eigenvalue weighted by molar-refractivity contribution is 6.02. The van der Waals surface area contributed by atoms with Crippen molar-refractivity contribution in [2.24, 2.45) is 7.05 Å². The van der Waals surface area contributed by atoms with Crippen LogP contribution in [-0.2, 0) is 7.05 Å². The van der Waals surface area contributed by atoms with Crippen LogP contribution in [-0.4, -0.2) is 50.7 Å². The number of amides is 1. The van der Waals surface area contributed by atoms with Gasteiger partial charge in [0.1, 0.15) is 5.75 Å². The first-order valence-corrected chi connectivity index (χ1v) is 9.69. The smallest absolute Gasteiger partial charge is 0.278 e. The van der Waals surface area contributed by atoms with E-state index in [1.54, 1.807) is 29.6 Å². The predicted octanol–water partition coefficient (Wildman–Crippen LogP) is 2.04. The first kappa shape index (κ1) is 19.1. The van der Waals surface area contributed by atoms with Crippen LogP contribution in [0, 0.1) is 6.92 Å². The van der Waals surface area contributed by atoms with Gasteiger partial charge in [0.25, 0.3) is 5.91 Å². The van der Waals surface area contributed by atoms with E-state index in [1.807, 2.05) is 31.2 Å². The zero-order valence-corrected chi connectivity index (χ0v) is 16.8. The summed E-state index contributed by atoms with van der Waals surface area (Å²) >= 11 is 0. The van der Waals surface area contributed by atoms with E-state index in [0.29, 0.717) is 17.6 Å². The third kappa shape index (κ3) is 4.00. The lowest BCUT2D eigenvalue weighted by Gasteiger charge is -2.19. The molecule has 2 N–H and O–H groups in total. The van der Waals surface area contributed by atoms with E-state index in [-0.39, 0.29) is 5.91 Å². The van der Waals surface area contributed by atoms with E-state index in [1.165, 1.54) is 0 Å². The quantitative estimate of drug-likeness (QED) is 0.686. The SMILES string of the molecule is COc1ccc(-n2nc(C(=O)Nc3nc(C4CCNCC4)nn3C)cc2C)cc1. The molecule has 0 bridgehead atoms. The molecule has 1 aliphatic heterocycles.